The lowest BCUT2D eigenvalue weighted by atomic mass is 9.99. The van der Waals surface area contributed by atoms with Crippen molar-refractivity contribution in [3.63, 3.8) is 0 Å². The minimum absolute atomic E-state index is 0.0342. The molecule has 0 aliphatic carbocycles. The number of aromatic amines is 3. The first-order valence-corrected chi connectivity index (χ1v) is 44.6. The number of aliphatic hydroxyl groups excluding tert-OH is 3. The zero-order valence-corrected chi connectivity index (χ0v) is 72.3. The molecule has 15 N–H and O–H groups in total. The summed E-state index contributed by atoms with van der Waals surface area (Å²) in [7, 11) is 0. The molecule has 6 fully saturated rings. The lowest BCUT2D eigenvalue weighted by molar-refractivity contribution is -0.143. The molecule has 3 aromatic heterocycles. The number of hydrogen-bond donors (Lipinski definition) is 15. The fraction of sp³-hybridized carbons (Fsp3) is 0.294. The zero-order chi connectivity index (χ0) is 91.9. The van der Waals surface area contributed by atoms with E-state index in [1.165, 1.54) is 14.7 Å². The van der Waals surface area contributed by atoms with Gasteiger partial charge in [-0.05, 0) is 68.3 Å². The van der Waals surface area contributed by atoms with E-state index in [9.17, 15) is 72.9 Å². The van der Waals surface area contributed by atoms with Crippen molar-refractivity contribution < 1.29 is 72.9 Å². The van der Waals surface area contributed by atoms with Gasteiger partial charge in [0.15, 0.2) is 0 Å². The molecule has 12 aromatic rings. The summed E-state index contributed by atoms with van der Waals surface area (Å²) in [6.45, 7) is -0.148. The van der Waals surface area contributed by atoms with E-state index >= 15 is 0 Å². The summed E-state index contributed by atoms with van der Waals surface area (Å²) < 4.78 is 0. The first-order valence-electron chi connectivity index (χ1n) is 44.6. The van der Waals surface area contributed by atoms with Crippen LogP contribution in [0.3, 0.4) is 0 Å². The second-order valence-corrected chi connectivity index (χ2v) is 34.6. The maximum Gasteiger partial charge on any atom is 0.246 e. The molecule has 6 saturated heterocycles. The molecule has 0 unspecified atom stereocenters. The highest BCUT2D eigenvalue weighted by molar-refractivity contribution is 6.02. The Balaban J connectivity index is 0.000000144. The maximum atomic E-state index is 14.0. The number of nitrogens with zero attached hydrogens (tertiary/aromatic N) is 3. The van der Waals surface area contributed by atoms with Crippen LogP contribution in [0.2, 0.25) is 0 Å². The number of benzene rings is 9. The predicted octanol–water partition coefficient (Wildman–Crippen LogP) is 4.88. The highest BCUT2D eigenvalue weighted by Gasteiger charge is 2.48. The molecule has 6 aliphatic rings. The van der Waals surface area contributed by atoms with Crippen molar-refractivity contribution in [3.8, 4) is 0 Å². The van der Waals surface area contributed by atoms with Crippen molar-refractivity contribution in [1.82, 2.24) is 77.5 Å². The monoisotopic (exact) mass is 1780 g/mol. The second kappa shape index (κ2) is 41.7. The van der Waals surface area contributed by atoms with Crippen LogP contribution in [0.4, 0.5) is 0 Å². The van der Waals surface area contributed by atoms with Crippen molar-refractivity contribution in [2.45, 2.75) is 168 Å². The number of amides is 12. The largest absolute Gasteiger partial charge is 0.391 e. The van der Waals surface area contributed by atoms with Crippen LogP contribution < -0.4 is 47.9 Å². The smallest absolute Gasteiger partial charge is 0.246 e. The third-order valence-corrected chi connectivity index (χ3v) is 25.2. The van der Waals surface area contributed by atoms with Crippen LogP contribution >= 0.6 is 0 Å². The van der Waals surface area contributed by atoms with Gasteiger partial charge in [0.2, 0.25) is 70.9 Å². The summed E-state index contributed by atoms with van der Waals surface area (Å²) in [5, 5.41) is 60.3. The number of rotatable bonds is 18. The molecule has 0 radical (unpaired) electrons. The van der Waals surface area contributed by atoms with Crippen molar-refractivity contribution >= 4 is 104 Å². The van der Waals surface area contributed by atoms with Gasteiger partial charge in [-0.25, -0.2) is 0 Å². The first kappa shape index (κ1) is 90.5. The molecular formula is C102H105N15O15. The van der Waals surface area contributed by atoms with Gasteiger partial charge in [-0.2, -0.15) is 0 Å². The van der Waals surface area contributed by atoms with Gasteiger partial charge in [0.1, 0.15) is 72.5 Å². The third kappa shape index (κ3) is 22.0. The normalized spacial score (nSPS) is 24.6. The lowest BCUT2D eigenvalue weighted by Gasteiger charge is -2.32. The molecule has 0 bridgehead atoms. The van der Waals surface area contributed by atoms with E-state index in [0.717, 1.165) is 82.8 Å². The molecule has 9 heterocycles. The van der Waals surface area contributed by atoms with E-state index in [0.29, 0.717) is 0 Å². The van der Waals surface area contributed by atoms with Crippen molar-refractivity contribution in [3.05, 3.63) is 323 Å². The molecule has 12 amide bonds. The van der Waals surface area contributed by atoms with Gasteiger partial charge in [-0.1, -0.05) is 237 Å². The Morgan fingerprint density at radius 3 is 0.629 bits per heavy atom. The third-order valence-electron chi connectivity index (χ3n) is 25.2. The van der Waals surface area contributed by atoms with Crippen LogP contribution in [0.1, 0.15) is 69.3 Å². The van der Waals surface area contributed by atoms with Crippen molar-refractivity contribution in [2.75, 3.05) is 19.6 Å². The summed E-state index contributed by atoms with van der Waals surface area (Å²) >= 11 is 0. The predicted molar refractivity (Wildman–Crippen MR) is 493 cm³/mol. The van der Waals surface area contributed by atoms with Crippen LogP contribution in [0.5, 0.6) is 0 Å². The Hall–Kier alpha value is -14.9. The topological polar surface area (TPSA) is 431 Å². The fourth-order valence-electron chi connectivity index (χ4n) is 18.5. The van der Waals surface area contributed by atoms with Crippen LogP contribution in [0.15, 0.2) is 273 Å². The molecule has 30 heteroatoms. The number of H-pyrrole nitrogens is 3. The van der Waals surface area contributed by atoms with Gasteiger partial charge in [0.05, 0.1) is 18.3 Å². The minimum atomic E-state index is -1.04. The summed E-state index contributed by atoms with van der Waals surface area (Å²) in [5.74, 6) is -6.04. The zero-order valence-electron chi connectivity index (χ0n) is 72.3. The highest BCUT2D eigenvalue weighted by Crippen LogP contribution is 2.29. The average Bonchev–Trinajstić information content (AvgIpc) is 1.66. The SMILES string of the molecule is O=C1N[C@@H](Cc2ccccc2)C(=O)N2C[C@H](O)C[C@@H]2C(=O)N[C@@H](Cc2ccccc2)C(=O)N[C@H]1Cc1c[nH]c2ccccc12.O=C1N[C@H](Cc2c[nH]c3ccccc23)C(=O)N[C@@H](Cc2ccccc2)C(=O)N2C[C@@H](O)C[C@@H]2C(=O)N[C@H]1Cc1ccccc1.O=C1N[C@H](Cc2c[nH]c3ccccc23)C(=O)N[C@@H](Cc2ccccc2)C(=O)N2C[C@H](O)C[C@@H]2C(=O)N[C@H]1Cc1ccccc1. The van der Waals surface area contributed by atoms with Crippen LogP contribution in [0.25, 0.3) is 32.7 Å². The molecule has 132 heavy (non-hydrogen) atoms. The molecular weight excluding hydrogens is 1680 g/mol. The van der Waals surface area contributed by atoms with Gasteiger partial charge in [-0.15, -0.1) is 0 Å². The number of carbonyl (C=O) groups is 12. The summed E-state index contributed by atoms with van der Waals surface area (Å²) in [5.41, 5.74) is 10.1. The van der Waals surface area contributed by atoms with E-state index < -0.39 is 162 Å². The van der Waals surface area contributed by atoms with Crippen LogP contribution in [0, 0.1) is 0 Å². The summed E-state index contributed by atoms with van der Waals surface area (Å²) in [6, 6.07) is 66.5. The van der Waals surface area contributed by atoms with E-state index in [4.69, 9.17) is 0 Å². The number of hydrogen-bond acceptors (Lipinski definition) is 15. The minimum Gasteiger partial charge on any atom is -0.391 e. The number of fused-ring (bicyclic) bond motifs is 6. The van der Waals surface area contributed by atoms with Gasteiger partial charge in [0, 0.05) is 148 Å². The van der Waals surface area contributed by atoms with E-state index in [-0.39, 0.29) is 96.7 Å². The van der Waals surface area contributed by atoms with E-state index in [1.807, 2.05) is 273 Å². The lowest BCUT2D eigenvalue weighted by Crippen LogP contribution is -2.62. The molecule has 0 spiro atoms. The Labute approximate surface area is 760 Å². The molecule has 678 valence electrons. The first-order chi connectivity index (χ1) is 64.1. The average molecular weight is 1780 g/mol. The highest BCUT2D eigenvalue weighted by atomic mass is 16.3. The number of aliphatic hydroxyl groups is 3. The van der Waals surface area contributed by atoms with Gasteiger partial charge >= 0.3 is 0 Å². The molecule has 0 saturated carbocycles. The Bertz CT molecular complexity index is 5560. The van der Waals surface area contributed by atoms with E-state index in [2.05, 4.69) is 62.8 Å². The van der Waals surface area contributed by atoms with Gasteiger partial charge < -0.3 is 92.8 Å². The van der Waals surface area contributed by atoms with Crippen LogP contribution in [-0.4, -0.2) is 226 Å². The Kier molecular flexibility index (Phi) is 28.6. The number of aromatic nitrogens is 3. The summed E-state index contributed by atoms with van der Waals surface area (Å²) in [6.07, 6.45) is 4.34. The number of carbonyl (C=O) groups excluding carboxylic acids is 12. The van der Waals surface area contributed by atoms with E-state index in [1.54, 1.807) is 0 Å². The molecule has 15 atom stereocenters. The molecule has 18 rings (SSSR count). The maximum absolute atomic E-state index is 14.0. The number of nitrogens with one attached hydrogen (secondary N) is 12. The standard InChI is InChI=1S/3C34H35N5O5/c3*40-24-18-30-33(43)37-27(15-21-9-3-1-4-10-21)31(41)36-28(17-23-19-35-26-14-8-7-13-25(23)26)32(42)38-29(34(44)39(30)20-24)16-22-11-5-2-6-12-22/h3*1-14,19,24,27-30,35,40H,15-18,20H2,(H,36,41)(H,37,43)(H,38,42)/t24-,27+,28+,29+,30-;24-,27+,28-,29+,30-;24-,27-,28+,29-,30+/m110/s1. The number of para-hydroxylation sites is 3. The van der Waals surface area contributed by atoms with Crippen LogP contribution in [-0.2, 0) is 115 Å². The quantitative estimate of drug-likeness (QED) is 0.0545. The molecule has 30 nitrogen and oxygen atoms in total. The second-order valence-electron chi connectivity index (χ2n) is 34.6. The Morgan fingerprint density at radius 2 is 0.402 bits per heavy atom. The Morgan fingerprint density at radius 1 is 0.220 bits per heavy atom. The van der Waals surface area contributed by atoms with Gasteiger partial charge in [0.25, 0.3) is 0 Å². The van der Waals surface area contributed by atoms with Crippen molar-refractivity contribution in [1.29, 1.82) is 0 Å². The molecule has 9 aromatic carbocycles. The fourth-order valence-corrected chi connectivity index (χ4v) is 18.5. The van der Waals surface area contributed by atoms with Crippen molar-refractivity contribution in [2.24, 2.45) is 0 Å². The molecule has 6 aliphatic heterocycles. The summed E-state index contributed by atoms with van der Waals surface area (Å²) in [4.78, 5) is 181. The van der Waals surface area contributed by atoms with Gasteiger partial charge in [-0.3, -0.25) is 57.5 Å².